The maximum absolute atomic E-state index is 13.9. The summed E-state index contributed by atoms with van der Waals surface area (Å²) in [5, 5.41) is 8.99. The van der Waals surface area contributed by atoms with Gasteiger partial charge in [0.1, 0.15) is 5.82 Å². The van der Waals surface area contributed by atoms with Crippen molar-refractivity contribution in [2.75, 3.05) is 12.8 Å². The monoisotopic (exact) mass is 289 g/mol. The van der Waals surface area contributed by atoms with Crippen LogP contribution in [0, 0.1) is 5.82 Å². The Morgan fingerprint density at radius 2 is 1.86 bits per heavy atom. The molecule has 0 amide bonds. The number of anilines is 1. The number of carbonyl (C=O) groups excluding carboxylic acids is 1. The van der Waals surface area contributed by atoms with E-state index in [1.54, 1.807) is 0 Å². The molecule has 2 aromatic rings. The molecule has 0 aromatic heterocycles. The van der Waals surface area contributed by atoms with Crippen LogP contribution >= 0.6 is 0 Å². The van der Waals surface area contributed by atoms with Crippen LogP contribution < -0.4 is 5.73 Å². The largest absolute Gasteiger partial charge is 0.478 e. The predicted molar refractivity (Wildman–Crippen MR) is 74.5 cm³/mol. The Balaban J connectivity index is 2.50. The van der Waals surface area contributed by atoms with Crippen LogP contribution in [0.1, 0.15) is 20.7 Å². The van der Waals surface area contributed by atoms with E-state index in [-0.39, 0.29) is 16.8 Å². The van der Waals surface area contributed by atoms with Crippen molar-refractivity contribution in [1.29, 1.82) is 0 Å². The summed E-state index contributed by atoms with van der Waals surface area (Å²) < 4.78 is 18.3. The first kappa shape index (κ1) is 14.5. The number of halogens is 1. The second-order valence-corrected chi connectivity index (χ2v) is 4.34. The first-order valence-corrected chi connectivity index (χ1v) is 5.94. The van der Waals surface area contributed by atoms with Crippen LogP contribution in [0.5, 0.6) is 0 Å². The van der Waals surface area contributed by atoms with E-state index in [4.69, 9.17) is 10.8 Å². The molecule has 0 aliphatic rings. The van der Waals surface area contributed by atoms with Gasteiger partial charge in [-0.3, -0.25) is 0 Å². The number of nitrogen functional groups attached to an aromatic ring is 1. The number of hydrogen-bond donors (Lipinski definition) is 2. The Kier molecular flexibility index (Phi) is 3.89. The summed E-state index contributed by atoms with van der Waals surface area (Å²) in [5.41, 5.74) is 6.56. The van der Waals surface area contributed by atoms with Crippen LogP contribution in [0.25, 0.3) is 11.1 Å². The van der Waals surface area contributed by atoms with E-state index >= 15 is 0 Å². The van der Waals surface area contributed by atoms with Crippen LogP contribution in [0.4, 0.5) is 10.1 Å². The maximum Gasteiger partial charge on any atom is 0.340 e. The molecule has 0 atom stereocenters. The van der Waals surface area contributed by atoms with E-state index in [2.05, 4.69) is 4.74 Å². The highest BCUT2D eigenvalue weighted by Crippen LogP contribution is 2.25. The lowest BCUT2D eigenvalue weighted by atomic mass is 10.0. The molecule has 21 heavy (non-hydrogen) atoms. The molecule has 2 rings (SSSR count). The van der Waals surface area contributed by atoms with Gasteiger partial charge in [-0.1, -0.05) is 6.07 Å². The molecule has 108 valence electrons. The van der Waals surface area contributed by atoms with Crippen LogP contribution in [-0.4, -0.2) is 24.2 Å². The Bertz CT molecular complexity index is 728. The maximum atomic E-state index is 13.9. The number of esters is 1. The Morgan fingerprint density at radius 1 is 1.14 bits per heavy atom. The average Bonchev–Trinajstić information content (AvgIpc) is 2.45. The number of hydrogen-bond acceptors (Lipinski definition) is 4. The first-order chi connectivity index (χ1) is 9.92. The van der Waals surface area contributed by atoms with Gasteiger partial charge >= 0.3 is 11.9 Å². The molecule has 0 aliphatic heterocycles. The van der Waals surface area contributed by atoms with Crippen molar-refractivity contribution in [3.63, 3.8) is 0 Å². The molecular weight excluding hydrogens is 277 g/mol. The average molecular weight is 289 g/mol. The van der Waals surface area contributed by atoms with Crippen LogP contribution in [0.15, 0.2) is 36.4 Å². The van der Waals surface area contributed by atoms with Crippen molar-refractivity contribution in [3.05, 3.63) is 53.3 Å². The molecular formula is C15H12FNO4. The summed E-state index contributed by atoms with van der Waals surface area (Å²) in [6.45, 7) is 0. The Hall–Kier alpha value is -2.89. The molecule has 0 radical (unpaired) electrons. The number of methoxy groups -OCH3 is 1. The van der Waals surface area contributed by atoms with Gasteiger partial charge in [0.05, 0.1) is 18.2 Å². The zero-order chi connectivity index (χ0) is 15.6. The van der Waals surface area contributed by atoms with Crippen LogP contribution in [-0.2, 0) is 4.74 Å². The highest BCUT2D eigenvalue weighted by atomic mass is 19.1. The van der Waals surface area contributed by atoms with E-state index in [0.717, 1.165) is 13.2 Å². The van der Waals surface area contributed by atoms with E-state index in [0.29, 0.717) is 11.1 Å². The molecule has 0 unspecified atom stereocenters. The third kappa shape index (κ3) is 3.00. The van der Waals surface area contributed by atoms with Gasteiger partial charge in [0.15, 0.2) is 0 Å². The van der Waals surface area contributed by atoms with Gasteiger partial charge < -0.3 is 15.6 Å². The fourth-order valence-electron chi connectivity index (χ4n) is 1.91. The van der Waals surface area contributed by atoms with E-state index in [9.17, 15) is 14.0 Å². The number of carboxylic acid groups (broad SMARTS) is 1. The molecule has 3 N–H and O–H groups in total. The topological polar surface area (TPSA) is 89.6 Å². The van der Waals surface area contributed by atoms with Gasteiger partial charge in [0.2, 0.25) is 0 Å². The minimum Gasteiger partial charge on any atom is -0.478 e. The number of carboxylic acids is 1. The summed E-state index contributed by atoms with van der Waals surface area (Å²) in [7, 11) is 1.16. The van der Waals surface area contributed by atoms with Gasteiger partial charge in [-0.05, 0) is 41.5 Å². The van der Waals surface area contributed by atoms with Gasteiger partial charge in [0.25, 0.3) is 0 Å². The third-order valence-electron chi connectivity index (χ3n) is 2.91. The quantitative estimate of drug-likeness (QED) is 0.669. The van der Waals surface area contributed by atoms with Gasteiger partial charge in [0, 0.05) is 5.69 Å². The molecule has 0 aliphatic carbocycles. The molecule has 5 nitrogen and oxygen atoms in total. The second kappa shape index (κ2) is 5.62. The minimum absolute atomic E-state index is 0.00227. The number of benzene rings is 2. The van der Waals surface area contributed by atoms with Crippen LogP contribution in [0.3, 0.4) is 0 Å². The van der Waals surface area contributed by atoms with Crippen LogP contribution in [0.2, 0.25) is 0 Å². The molecule has 0 heterocycles. The fraction of sp³-hybridized carbons (Fsp3) is 0.0667. The molecule has 6 heteroatoms. The summed E-state index contributed by atoms with van der Waals surface area (Å²) >= 11 is 0. The molecule has 2 aromatic carbocycles. The molecule has 0 saturated carbocycles. The summed E-state index contributed by atoms with van der Waals surface area (Å²) in [6.07, 6.45) is 0. The van der Waals surface area contributed by atoms with Crippen molar-refractivity contribution in [3.8, 4) is 11.1 Å². The van der Waals surface area contributed by atoms with Crippen molar-refractivity contribution >= 4 is 17.6 Å². The molecule has 0 fully saturated rings. The van der Waals surface area contributed by atoms with E-state index in [1.165, 1.54) is 30.3 Å². The highest BCUT2D eigenvalue weighted by Gasteiger charge is 2.14. The summed E-state index contributed by atoms with van der Waals surface area (Å²) in [6, 6.07) is 8.12. The smallest absolute Gasteiger partial charge is 0.340 e. The number of carbonyl (C=O) groups is 2. The minimum atomic E-state index is -1.13. The molecule has 0 saturated heterocycles. The number of nitrogens with two attached hydrogens (primary N) is 1. The Morgan fingerprint density at radius 3 is 2.43 bits per heavy atom. The SMILES string of the molecule is COC(=O)c1ccc(-c2cc(N)cc(C(=O)O)c2)cc1F. The first-order valence-electron chi connectivity index (χ1n) is 5.94. The van der Waals surface area contributed by atoms with Crippen molar-refractivity contribution in [1.82, 2.24) is 0 Å². The van der Waals surface area contributed by atoms with Gasteiger partial charge in [-0.2, -0.15) is 0 Å². The molecule has 0 spiro atoms. The zero-order valence-corrected chi connectivity index (χ0v) is 11.1. The Labute approximate surface area is 119 Å². The van der Waals surface area contributed by atoms with Crippen molar-refractivity contribution in [2.45, 2.75) is 0 Å². The van der Waals surface area contributed by atoms with E-state index < -0.39 is 17.8 Å². The summed E-state index contributed by atoms with van der Waals surface area (Å²) in [4.78, 5) is 22.3. The lowest BCUT2D eigenvalue weighted by Gasteiger charge is -2.07. The zero-order valence-electron chi connectivity index (χ0n) is 11.1. The number of rotatable bonds is 3. The lowest BCUT2D eigenvalue weighted by Crippen LogP contribution is -2.04. The third-order valence-corrected chi connectivity index (χ3v) is 2.91. The van der Waals surface area contributed by atoms with Crippen molar-refractivity contribution < 1.29 is 23.8 Å². The summed E-state index contributed by atoms with van der Waals surface area (Å²) in [5.74, 6) is -2.66. The predicted octanol–water partition coefficient (Wildman–Crippen LogP) is 2.56. The van der Waals surface area contributed by atoms with Crippen molar-refractivity contribution in [2.24, 2.45) is 0 Å². The highest BCUT2D eigenvalue weighted by molar-refractivity contribution is 5.92. The number of ether oxygens (including phenoxy) is 1. The second-order valence-electron chi connectivity index (χ2n) is 4.34. The normalized spacial score (nSPS) is 10.2. The van der Waals surface area contributed by atoms with E-state index in [1.807, 2.05) is 0 Å². The number of aromatic carboxylic acids is 1. The van der Waals surface area contributed by atoms with Gasteiger partial charge in [-0.15, -0.1) is 0 Å². The van der Waals surface area contributed by atoms with Gasteiger partial charge in [-0.25, -0.2) is 14.0 Å². The molecule has 0 bridgehead atoms. The standard InChI is InChI=1S/C15H12FNO4/c1-21-15(20)12-3-2-8(7-13(12)16)9-4-10(14(18)19)6-11(17)5-9/h2-7H,17H2,1H3,(H,18,19). The fourth-order valence-corrected chi connectivity index (χ4v) is 1.91. The lowest BCUT2D eigenvalue weighted by molar-refractivity contribution is 0.0594.